The lowest BCUT2D eigenvalue weighted by Crippen LogP contribution is -2.06. The van der Waals surface area contributed by atoms with Gasteiger partial charge >= 0.3 is 19.5 Å². The first-order valence-corrected chi connectivity index (χ1v) is 14.5. The largest absolute Gasteiger partial charge is 0.462 e. The van der Waals surface area contributed by atoms with Crippen molar-refractivity contribution in [1.29, 1.82) is 0 Å². The third-order valence-corrected chi connectivity index (χ3v) is 7.13. The summed E-state index contributed by atoms with van der Waals surface area (Å²) in [6, 6.07) is 0. The van der Waals surface area contributed by atoms with Crippen molar-refractivity contribution in [3.05, 3.63) is 24.3 Å². The summed E-state index contributed by atoms with van der Waals surface area (Å²) in [6.07, 6.45) is 12.2. The summed E-state index contributed by atoms with van der Waals surface area (Å²) in [5.41, 5.74) is 0.863. The number of ether oxygens (including phenoxy) is 2. The van der Waals surface area contributed by atoms with Crippen LogP contribution in [0.1, 0.15) is 97.8 Å². The van der Waals surface area contributed by atoms with Gasteiger partial charge in [-0.1, -0.05) is 71.4 Å². The summed E-state index contributed by atoms with van der Waals surface area (Å²) in [6.45, 7) is 14.0. The number of unbranched alkanes of at least 4 members (excludes halogenated alkanes) is 10. The van der Waals surface area contributed by atoms with Crippen molar-refractivity contribution < 1.29 is 32.7 Å². The Hall–Kier alpha value is -1.43. The molecule has 0 aromatic heterocycles. The zero-order valence-electron chi connectivity index (χ0n) is 21.7. The Bertz CT molecular complexity index is 595. The molecule has 0 aliphatic carbocycles. The maximum atomic E-state index is 12.7. The Morgan fingerprint density at radius 2 is 0.882 bits per heavy atom. The van der Waals surface area contributed by atoms with Crippen LogP contribution in [-0.2, 0) is 32.7 Å². The third kappa shape index (κ3) is 18.9. The minimum atomic E-state index is -2.99. The highest BCUT2D eigenvalue weighted by Crippen LogP contribution is 2.47. The Labute approximate surface area is 207 Å². The molecule has 0 unspecified atom stereocenters. The Morgan fingerprint density at radius 3 is 1.18 bits per heavy atom. The van der Waals surface area contributed by atoms with Gasteiger partial charge in [-0.3, -0.25) is 4.57 Å². The molecule has 0 heterocycles. The van der Waals surface area contributed by atoms with E-state index in [0.29, 0.717) is 43.7 Å². The van der Waals surface area contributed by atoms with Crippen molar-refractivity contribution in [3.63, 3.8) is 0 Å². The zero-order chi connectivity index (χ0) is 25.7. The normalized spacial score (nSPS) is 11.3. The van der Waals surface area contributed by atoms with Gasteiger partial charge in [-0.2, -0.15) is 0 Å². The molecule has 0 aromatic carbocycles. The Balaban J connectivity index is 3.59. The second kappa shape index (κ2) is 20.9. The van der Waals surface area contributed by atoms with Crippen molar-refractivity contribution in [2.75, 3.05) is 32.6 Å². The van der Waals surface area contributed by atoms with Crippen LogP contribution in [0.5, 0.6) is 0 Å². The van der Waals surface area contributed by atoms with E-state index in [4.69, 9.17) is 18.5 Å². The van der Waals surface area contributed by atoms with E-state index in [2.05, 4.69) is 13.2 Å². The van der Waals surface area contributed by atoms with Gasteiger partial charge in [0.15, 0.2) is 0 Å². The van der Waals surface area contributed by atoms with Crippen molar-refractivity contribution in [2.24, 2.45) is 0 Å². The second-order valence-corrected chi connectivity index (χ2v) is 11.0. The van der Waals surface area contributed by atoms with Crippen molar-refractivity contribution in [1.82, 2.24) is 0 Å². The van der Waals surface area contributed by atoms with Gasteiger partial charge in [0.2, 0.25) is 0 Å². The first kappa shape index (κ1) is 32.6. The average molecular weight is 503 g/mol. The van der Waals surface area contributed by atoms with Crippen LogP contribution in [0.15, 0.2) is 24.3 Å². The highest BCUT2D eigenvalue weighted by molar-refractivity contribution is 7.53. The number of esters is 2. The van der Waals surface area contributed by atoms with Gasteiger partial charge < -0.3 is 18.5 Å². The molecule has 0 amide bonds. The molecule has 34 heavy (non-hydrogen) atoms. The van der Waals surface area contributed by atoms with Gasteiger partial charge in [0.1, 0.15) is 0 Å². The van der Waals surface area contributed by atoms with Crippen molar-refractivity contribution >= 4 is 19.5 Å². The zero-order valence-corrected chi connectivity index (χ0v) is 22.6. The SMILES string of the molecule is C=C(C)C(=O)OCCCCCCCCOP(=O)(CC)OCCCCCCCCOC(=O)C(=C)C. The quantitative estimate of drug-likeness (QED) is 0.0634. The molecular weight excluding hydrogens is 455 g/mol. The predicted molar refractivity (Wildman–Crippen MR) is 137 cm³/mol. The van der Waals surface area contributed by atoms with E-state index in [9.17, 15) is 14.2 Å². The molecule has 0 aliphatic heterocycles. The lowest BCUT2D eigenvalue weighted by atomic mass is 10.1. The first-order valence-electron chi connectivity index (χ1n) is 12.7. The van der Waals surface area contributed by atoms with Crippen LogP contribution in [0.3, 0.4) is 0 Å². The summed E-state index contributed by atoms with van der Waals surface area (Å²) in [7, 11) is -2.99. The van der Waals surface area contributed by atoms with Gasteiger partial charge in [0, 0.05) is 17.3 Å². The van der Waals surface area contributed by atoms with Crippen molar-refractivity contribution in [2.45, 2.75) is 97.8 Å². The summed E-state index contributed by atoms with van der Waals surface area (Å²) >= 11 is 0. The summed E-state index contributed by atoms with van der Waals surface area (Å²) in [4.78, 5) is 22.5. The van der Waals surface area contributed by atoms with E-state index in [1.807, 2.05) is 6.92 Å². The minimum absolute atomic E-state index is 0.324. The smallest absolute Gasteiger partial charge is 0.333 e. The minimum Gasteiger partial charge on any atom is -0.462 e. The Morgan fingerprint density at radius 1 is 0.588 bits per heavy atom. The number of hydrogen-bond acceptors (Lipinski definition) is 7. The lowest BCUT2D eigenvalue weighted by molar-refractivity contribution is -0.139. The van der Waals surface area contributed by atoms with Crippen LogP contribution in [0.2, 0.25) is 0 Å². The average Bonchev–Trinajstić information content (AvgIpc) is 2.80. The number of carbonyl (C=O) groups excluding carboxylic acids is 2. The second-order valence-electron chi connectivity index (χ2n) is 8.67. The van der Waals surface area contributed by atoms with Crippen molar-refractivity contribution in [3.8, 4) is 0 Å². The van der Waals surface area contributed by atoms with Gasteiger partial charge in [-0.05, 0) is 39.5 Å². The third-order valence-electron chi connectivity index (χ3n) is 5.20. The molecule has 0 saturated heterocycles. The standard InChI is InChI=1S/C26H47O7P/c1-6-34(29,32-21-17-13-9-7-11-15-19-30-25(27)23(2)3)33-22-18-14-10-8-12-16-20-31-26(28)24(4)5/h2,4,6-22H2,1,3,5H3. The van der Waals surface area contributed by atoms with Gasteiger partial charge in [0.25, 0.3) is 0 Å². The van der Waals surface area contributed by atoms with E-state index in [1.165, 1.54) is 0 Å². The number of hydrogen-bond donors (Lipinski definition) is 0. The molecule has 0 aromatic rings. The molecule has 198 valence electrons. The fraction of sp³-hybridized carbons (Fsp3) is 0.769. The highest BCUT2D eigenvalue weighted by atomic mass is 31.2. The topological polar surface area (TPSA) is 88.1 Å². The molecule has 7 nitrogen and oxygen atoms in total. The van der Waals surface area contributed by atoms with Crippen LogP contribution in [0.4, 0.5) is 0 Å². The van der Waals surface area contributed by atoms with Gasteiger partial charge in [-0.25, -0.2) is 9.59 Å². The van der Waals surface area contributed by atoms with Crippen LogP contribution in [-0.4, -0.2) is 44.5 Å². The lowest BCUT2D eigenvalue weighted by Gasteiger charge is -2.17. The monoisotopic (exact) mass is 502 g/mol. The fourth-order valence-corrected chi connectivity index (χ4v) is 4.28. The molecular formula is C26H47O7P. The molecule has 0 aliphatic rings. The molecule has 0 bridgehead atoms. The predicted octanol–water partition coefficient (Wildman–Crippen LogP) is 7.15. The van der Waals surface area contributed by atoms with E-state index < -0.39 is 7.60 Å². The number of carbonyl (C=O) groups is 2. The number of rotatable bonds is 23. The molecule has 0 radical (unpaired) electrons. The fourth-order valence-electron chi connectivity index (χ4n) is 3.03. The van der Waals surface area contributed by atoms with Gasteiger partial charge in [0.05, 0.1) is 26.4 Å². The Kier molecular flexibility index (Phi) is 20.0. The molecule has 0 atom stereocenters. The molecule has 0 N–H and O–H groups in total. The van der Waals surface area contributed by atoms with E-state index in [0.717, 1.165) is 77.0 Å². The highest BCUT2D eigenvalue weighted by Gasteiger charge is 2.21. The molecule has 0 rings (SSSR count). The summed E-state index contributed by atoms with van der Waals surface area (Å²) in [5, 5.41) is 0. The molecule has 0 saturated carbocycles. The van der Waals surface area contributed by atoms with Crippen LogP contribution in [0.25, 0.3) is 0 Å². The van der Waals surface area contributed by atoms with Crippen LogP contribution >= 0.6 is 7.60 Å². The molecule has 0 fully saturated rings. The molecule has 0 spiro atoms. The van der Waals surface area contributed by atoms with Crippen LogP contribution in [0, 0.1) is 0 Å². The maximum absolute atomic E-state index is 12.7. The van der Waals surface area contributed by atoms with Gasteiger partial charge in [-0.15, -0.1) is 0 Å². The molecule has 8 heteroatoms. The van der Waals surface area contributed by atoms with E-state index >= 15 is 0 Å². The van der Waals surface area contributed by atoms with Crippen LogP contribution < -0.4 is 0 Å². The maximum Gasteiger partial charge on any atom is 0.333 e. The summed E-state index contributed by atoms with van der Waals surface area (Å²) in [5.74, 6) is -0.647. The van der Waals surface area contributed by atoms with E-state index in [1.54, 1.807) is 13.8 Å². The first-order chi connectivity index (χ1) is 16.2. The summed E-state index contributed by atoms with van der Waals surface area (Å²) < 4.78 is 34.0. The van der Waals surface area contributed by atoms with E-state index in [-0.39, 0.29) is 11.9 Å².